The topological polar surface area (TPSA) is 21.3 Å². The van der Waals surface area contributed by atoms with Crippen LogP contribution in [-0.2, 0) is 39.2 Å². The van der Waals surface area contributed by atoms with Crippen LogP contribution < -0.4 is 10.4 Å². The van der Waals surface area contributed by atoms with Gasteiger partial charge in [0.15, 0.2) is 6.42 Å². The smallest absolute Gasteiger partial charge is 0.183 e. The van der Waals surface area contributed by atoms with Crippen LogP contribution in [0.3, 0.4) is 0 Å². The van der Waals surface area contributed by atoms with Crippen molar-refractivity contribution in [3.63, 3.8) is 0 Å². The van der Waals surface area contributed by atoms with Gasteiger partial charge >= 0.3 is 0 Å². The normalized spacial score (nSPS) is 14.4. The van der Waals surface area contributed by atoms with E-state index in [9.17, 15) is 0 Å². The molecule has 0 aromatic heterocycles. The zero-order chi connectivity index (χ0) is 26.1. The molecule has 0 heterocycles. The molecular formula is C31H42NOPS. The third-order valence-electron chi connectivity index (χ3n) is 6.23. The molecule has 0 bridgehead atoms. The summed E-state index contributed by atoms with van der Waals surface area (Å²) in [5.41, 5.74) is 6.05. The van der Waals surface area contributed by atoms with Crippen LogP contribution in [0.5, 0.6) is 0 Å². The lowest BCUT2D eigenvalue weighted by Crippen LogP contribution is -2.25. The predicted octanol–water partition coefficient (Wildman–Crippen LogP) is 8.84. The van der Waals surface area contributed by atoms with E-state index in [4.69, 9.17) is 16.3 Å². The zero-order valence-electron chi connectivity index (χ0n) is 22.9. The SMILES string of the molecule is CC(C)(C)c1cc(C(C)(C)C)c(NP(=S)(OCc2ccccc2)c2ccccc2)c(C(C)(C)C)c1. The summed E-state index contributed by atoms with van der Waals surface area (Å²) in [5, 5.41) is 4.91. The summed E-state index contributed by atoms with van der Waals surface area (Å²) in [5.74, 6) is 0. The summed E-state index contributed by atoms with van der Waals surface area (Å²) in [7, 11) is 0. The third kappa shape index (κ3) is 6.85. The maximum atomic E-state index is 6.65. The van der Waals surface area contributed by atoms with E-state index in [1.54, 1.807) is 0 Å². The molecule has 0 fully saturated rings. The van der Waals surface area contributed by atoms with Crippen molar-refractivity contribution in [3.8, 4) is 0 Å². The first-order chi connectivity index (χ1) is 16.1. The van der Waals surface area contributed by atoms with Crippen molar-refractivity contribution >= 4 is 29.2 Å². The van der Waals surface area contributed by atoms with Gasteiger partial charge in [-0.15, -0.1) is 0 Å². The Bertz CT molecular complexity index is 1150. The van der Waals surface area contributed by atoms with E-state index >= 15 is 0 Å². The van der Waals surface area contributed by atoms with Gasteiger partial charge in [0, 0.05) is 11.0 Å². The standard InChI is InChI=1S/C31H42NOPS/c1-29(2,3)24-20-26(30(4,5)6)28(27(21-24)31(7,8)9)32-34(35,25-18-14-11-15-19-25)33-22-23-16-12-10-13-17-23/h10-21H,22H2,1-9H3,(H,32,35). The maximum Gasteiger partial charge on any atom is 0.183 e. The fraction of sp³-hybridized carbons (Fsp3) is 0.419. The van der Waals surface area contributed by atoms with Crippen molar-refractivity contribution in [3.05, 3.63) is 95.1 Å². The zero-order valence-corrected chi connectivity index (χ0v) is 24.6. The molecule has 188 valence electrons. The number of nitrogens with one attached hydrogen (secondary N) is 1. The minimum Gasteiger partial charge on any atom is -0.333 e. The van der Waals surface area contributed by atoms with Crippen LogP contribution in [0.25, 0.3) is 0 Å². The molecule has 3 rings (SSSR count). The second-order valence-corrected chi connectivity index (χ2v) is 16.1. The molecule has 35 heavy (non-hydrogen) atoms. The molecule has 0 aliphatic rings. The van der Waals surface area contributed by atoms with Crippen LogP contribution in [0.4, 0.5) is 5.69 Å². The Labute approximate surface area is 218 Å². The monoisotopic (exact) mass is 507 g/mol. The van der Waals surface area contributed by atoms with Gasteiger partial charge < -0.3 is 9.61 Å². The molecule has 1 N–H and O–H groups in total. The van der Waals surface area contributed by atoms with Crippen LogP contribution in [0.15, 0.2) is 72.8 Å². The van der Waals surface area contributed by atoms with Crippen LogP contribution in [0.2, 0.25) is 0 Å². The second kappa shape index (κ2) is 10.2. The molecule has 0 aliphatic heterocycles. The fourth-order valence-electron chi connectivity index (χ4n) is 4.06. The molecule has 0 spiro atoms. The lowest BCUT2D eigenvalue weighted by molar-refractivity contribution is 0.346. The highest BCUT2D eigenvalue weighted by atomic mass is 32.4. The Balaban J connectivity index is 2.22. The van der Waals surface area contributed by atoms with Gasteiger partial charge in [-0.1, -0.05) is 123 Å². The van der Waals surface area contributed by atoms with E-state index in [-0.39, 0.29) is 16.2 Å². The van der Waals surface area contributed by atoms with Gasteiger partial charge in [-0.05, 0) is 62.4 Å². The minimum absolute atomic E-state index is 0.0436. The van der Waals surface area contributed by atoms with Crippen LogP contribution in [-0.4, -0.2) is 0 Å². The van der Waals surface area contributed by atoms with Crippen molar-refractivity contribution in [1.29, 1.82) is 0 Å². The average molecular weight is 508 g/mol. The van der Waals surface area contributed by atoms with Gasteiger partial charge in [-0.2, -0.15) is 0 Å². The maximum absolute atomic E-state index is 6.65. The molecule has 0 saturated heterocycles. The lowest BCUT2D eigenvalue weighted by atomic mass is 9.74. The lowest BCUT2D eigenvalue weighted by Gasteiger charge is -2.36. The summed E-state index contributed by atoms with van der Waals surface area (Å²) in [6.07, 6.45) is -2.62. The van der Waals surface area contributed by atoms with Crippen molar-refractivity contribution in [2.24, 2.45) is 0 Å². The number of anilines is 1. The van der Waals surface area contributed by atoms with Crippen LogP contribution >= 0.6 is 6.42 Å². The summed E-state index contributed by atoms with van der Waals surface area (Å²) in [6.45, 7) is 21.0. The molecule has 3 aromatic carbocycles. The molecule has 0 saturated carbocycles. The molecule has 1 unspecified atom stereocenters. The first-order valence-corrected chi connectivity index (χ1v) is 15.2. The largest absolute Gasteiger partial charge is 0.333 e. The summed E-state index contributed by atoms with van der Waals surface area (Å²) < 4.78 is 6.65. The van der Waals surface area contributed by atoms with E-state index < -0.39 is 6.42 Å². The molecule has 4 heteroatoms. The Morgan fingerprint density at radius 3 is 1.57 bits per heavy atom. The van der Waals surface area contributed by atoms with Crippen molar-refractivity contribution in [2.75, 3.05) is 5.09 Å². The quantitative estimate of drug-likeness (QED) is 0.337. The number of rotatable bonds is 6. The van der Waals surface area contributed by atoms with Crippen LogP contribution in [0, 0.1) is 0 Å². The summed E-state index contributed by atoms with van der Waals surface area (Å²) >= 11 is 6.40. The van der Waals surface area contributed by atoms with Gasteiger partial charge in [0.1, 0.15) is 0 Å². The molecule has 0 aliphatic carbocycles. The average Bonchev–Trinajstić information content (AvgIpc) is 2.77. The van der Waals surface area contributed by atoms with Crippen molar-refractivity contribution in [2.45, 2.75) is 85.2 Å². The van der Waals surface area contributed by atoms with Crippen molar-refractivity contribution in [1.82, 2.24) is 0 Å². The molecule has 3 aromatic rings. The van der Waals surface area contributed by atoms with Gasteiger partial charge in [0.05, 0.1) is 6.61 Å². The molecule has 0 amide bonds. The van der Waals surface area contributed by atoms with Gasteiger partial charge in [0.2, 0.25) is 0 Å². The second-order valence-electron chi connectivity index (χ2n) is 12.5. The molecule has 2 nitrogen and oxygen atoms in total. The van der Waals surface area contributed by atoms with Crippen LogP contribution in [0.1, 0.15) is 84.6 Å². The Morgan fingerprint density at radius 1 is 0.686 bits per heavy atom. The van der Waals surface area contributed by atoms with E-state index in [2.05, 4.69) is 104 Å². The first kappa shape index (κ1) is 27.7. The predicted molar refractivity (Wildman–Crippen MR) is 158 cm³/mol. The van der Waals surface area contributed by atoms with E-state index in [1.165, 1.54) is 16.7 Å². The Morgan fingerprint density at radius 2 is 1.14 bits per heavy atom. The first-order valence-electron chi connectivity index (χ1n) is 12.4. The highest BCUT2D eigenvalue weighted by Gasteiger charge is 2.32. The van der Waals surface area contributed by atoms with Crippen molar-refractivity contribution < 1.29 is 4.52 Å². The van der Waals surface area contributed by atoms with Gasteiger partial charge in [0.25, 0.3) is 0 Å². The third-order valence-corrected chi connectivity index (χ3v) is 9.44. The van der Waals surface area contributed by atoms with Gasteiger partial charge in [-0.25, -0.2) is 0 Å². The summed E-state index contributed by atoms with van der Waals surface area (Å²) in [6, 6.07) is 25.3. The highest BCUT2D eigenvalue weighted by molar-refractivity contribution is 8.16. The van der Waals surface area contributed by atoms with E-state index in [0.29, 0.717) is 6.61 Å². The summed E-state index contributed by atoms with van der Waals surface area (Å²) in [4.78, 5) is 0. The molecular weight excluding hydrogens is 465 g/mol. The van der Waals surface area contributed by atoms with E-state index in [0.717, 1.165) is 16.6 Å². The number of benzene rings is 3. The number of hydrogen-bond acceptors (Lipinski definition) is 2. The van der Waals surface area contributed by atoms with Gasteiger partial charge in [-0.3, -0.25) is 0 Å². The Hall–Kier alpha value is -1.93. The minimum atomic E-state index is -2.62. The highest BCUT2D eigenvalue weighted by Crippen LogP contribution is 2.51. The molecule has 1 atom stereocenters. The fourth-order valence-corrected chi connectivity index (χ4v) is 6.63. The van der Waals surface area contributed by atoms with E-state index in [1.807, 2.05) is 36.4 Å². The molecule has 0 radical (unpaired) electrons. The number of hydrogen-bond donors (Lipinski definition) is 1. The Kier molecular flexibility index (Phi) is 8.07.